The van der Waals surface area contributed by atoms with Crippen molar-refractivity contribution in [3.63, 3.8) is 0 Å². The first-order chi connectivity index (χ1) is 3.75. The van der Waals surface area contributed by atoms with E-state index >= 15 is 0 Å². The third-order valence-corrected chi connectivity index (χ3v) is 1.17. The third kappa shape index (κ3) is 0.721. The monoisotopic (exact) mass is 113 g/mol. The van der Waals surface area contributed by atoms with E-state index in [0.717, 1.165) is 5.57 Å². The van der Waals surface area contributed by atoms with Gasteiger partial charge in [0.25, 0.3) is 0 Å². The number of nitrogens with two attached hydrogens (primary N) is 1. The van der Waals surface area contributed by atoms with E-state index in [9.17, 15) is 4.79 Å². The van der Waals surface area contributed by atoms with Crippen LogP contribution in [0, 0.1) is 5.92 Å². The van der Waals surface area contributed by atoms with E-state index in [0.29, 0.717) is 6.54 Å². The maximum absolute atomic E-state index is 10.0. The van der Waals surface area contributed by atoms with Crippen molar-refractivity contribution in [3.8, 4) is 0 Å². The largest absolute Gasteiger partial charge is 0.481 e. The molecular formula is C5H7NO2. The fourth-order valence-corrected chi connectivity index (χ4v) is 0.591. The Labute approximate surface area is 46.8 Å². The summed E-state index contributed by atoms with van der Waals surface area (Å²) in [5.74, 6) is -1.12. The van der Waals surface area contributed by atoms with Gasteiger partial charge in [0.15, 0.2) is 0 Å². The van der Waals surface area contributed by atoms with Gasteiger partial charge in [-0.25, -0.2) is 0 Å². The first-order valence-electron chi connectivity index (χ1n) is 2.39. The van der Waals surface area contributed by atoms with Crippen LogP contribution in [0.5, 0.6) is 0 Å². The summed E-state index contributed by atoms with van der Waals surface area (Å²) in [6.07, 6.45) is 1.66. The fraction of sp³-hybridized carbons (Fsp3) is 0.400. The van der Waals surface area contributed by atoms with Gasteiger partial charge in [-0.05, 0) is 5.57 Å². The van der Waals surface area contributed by atoms with Crippen LogP contribution in [-0.4, -0.2) is 17.6 Å². The molecule has 44 valence electrons. The molecular weight excluding hydrogens is 106 g/mol. The molecule has 0 fully saturated rings. The second-order valence-electron chi connectivity index (χ2n) is 1.76. The van der Waals surface area contributed by atoms with E-state index in [2.05, 4.69) is 0 Å². The average Bonchev–Trinajstić information content (AvgIpc) is 2.42. The molecule has 1 atom stereocenters. The van der Waals surface area contributed by atoms with Crippen molar-refractivity contribution in [2.45, 2.75) is 0 Å². The van der Waals surface area contributed by atoms with Gasteiger partial charge in [0.05, 0.1) is 5.92 Å². The van der Waals surface area contributed by atoms with Gasteiger partial charge in [-0.3, -0.25) is 4.79 Å². The zero-order valence-electron chi connectivity index (χ0n) is 4.29. The van der Waals surface area contributed by atoms with E-state index in [1.165, 1.54) is 0 Å². The van der Waals surface area contributed by atoms with Crippen LogP contribution < -0.4 is 5.73 Å². The van der Waals surface area contributed by atoms with Crippen molar-refractivity contribution in [2.75, 3.05) is 6.54 Å². The van der Waals surface area contributed by atoms with Gasteiger partial charge in [0, 0.05) is 6.54 Å². The Bertz CT molecular complexity index is 151. The summed E-state index contributed by atoms with van der Waals surface area (Å²) < 4.78 is 0. The van der Waals surface area contributed by atoms with Gasteiger partial charge in [0.1, 0.15) is 0 Å². The van der Waals surface area contributed by atoms with Crippen molar-refractivity contribution in [3.05, 3.63) is 11.6 Å². The van der Waals surface area contributed by atoms with Gasteiger partial charge < -0.3 is 10.8 Å². The smallest absolute Gasteiger partial charge is 0.314 e. The molecule has 0 aromatic rings. The van der Waals surface area contributed by atoms with Crippen LogP contribution in [0.15, 0.2) is 11.6 Å². The van der Waals surface area contributed by atoms with Crippen molar-refractivity contribution in [1.82, 2.24) is 0 Å². The second kappa shape index (κ2) is 1.59. The predicted octanol–water partition coefficient (Wildman–Crippen LogP) is -0.414. The highest BCUT2D eigenvalue weighted by Gasteiger charge is 2.29. The topological polar surface area (TPSA) is 63.3 Å². The molecule has 1 rings (SSSR count). The SMILES string of the molecule is NCC1=CC1C(=O)O. The third-order valence-electron chi connectivity index (χ3n) is 1.17. The van der Waals surface area contributed by atoms with Crippen molar-refractivity contribution < 1.29 is 9.90 Å². The van der Waals surface area contributed by atoms with Crippen molar-refractivity contribution in [2.24, 2.45) is 11.7 Å². The van der Waals surface area contributed by atoms with Crippen LogP contribution in [0.3, 0.4) is 0 Å². The molecule has 0 aliphatic heterocycles. The minimum atomic E-state index is -0.787. The van der Waals surface area contributed by atoms with Crippen molar-refractivity contribution >= 4 is 5.97 Å². The minimum Gasteiger partial charge on any atom is -0.481 e. The van der Waals surface area contributed by atoms with E-state index < -0.39 is 5.97 Å². The van der Waals surface area contributed by atoms with Crippen LogP contribution in [0.25, 0.3) is 0 Å². The van der Waals surface area contributed by atoms with Crippen LogP contribution in [0.1, 0.15) is 0 Å². The molecule has 3 N–H and O–H groups in total. The number of hydrogen-bond acceptors (Lipinski definition) is 2. The Morgan fingerprint density at radius 3 is 2.75 bits per heavy atom. The normalized spacial score (nSPS) is 24.6. The molecule has 0 aromatic carbocycles. The van der Waals surface area contributed by atoms with E-state index in [-0.39, 0.29) is 5.92 Å². The maximum atomic E-state index is 10.0. The Balaban J connectivity index is 2.33. The zero-order valence-corrected chi connectivity index (χ0v) is 4.29. The van der Waals surface area contributed by atoms with Gasteiger partial charge in [-0.2, -0.15) is 0 Å². The Kier molecular flexibility index (Phi) is 1.06. The first-order valence-corrected chi connectivity index (χ1v) is 2.39. The average molecular weight is 113 g/mol. The van der Waals surface area contributed by atoms with E-state index in [1.54, 1.807) is 6.08 Å². The maximum Gasteiger partial charge on any atom is 0.314 e. The van der Waals surface area contributed by atoms with E-state index in [1.807, 2.05) is 0 Å². The van der Waals surface area contributed by atoms with Crippen LogP contribution in [-0.2, 0) is 4.79 Å². The summed E-state index contributed by atoms with van der Waals surface area (Å²) >= 11 is 0. The fourth-order valence-electron chi connectivity index (χ4n) is 0.591. The molecule has 1 unspecified atom stereocenters. The number of carboxylic acids is 1. The molecule has 1 aliphatic rings. The highest BCUT2D eigenvalue weighted by molar-refractivity contribution is 5.81. The standard InChI is InChI=1S/C5H7NO2/c6-2-3-1-4(3)5(7)8/h1,4H,2,6H2,(H,7,8). The van der Waals surface area contributed by atoms with Gasteiger partial charge >= 0.3 is 5.97 Å². The highest BCUT2D eigenvalue weighted by atomic mass is 16.4. The number of aliphatic carboxylic acids is 1. The zero-order chi connectivity index (χ0) is 6.15. The molecule has 0 spiro atoms. The molecule has 0 aromatic heterocycles. The van der Waals surface area contributed by atoms with Gasteiger partial charge in [-0.15, -0.1) is 0 Å². The molecule has 3 nitrogen and oxygen atoms in total. The second-order valence-corrected chi connectivity index (χ2v) is 1.76. The Hall–Kier alpha value is -0.830. The molecule has 0 saturated heterocycles. The summed E-state index contributed by atoms with van der Waals surface area (Å²) in [6.45, 7) is 0.386. The van der Waals surface area contributed by atoms with Crippen molar-refractivity contribution in [1.29, 1.82) is 0 Å². The minimum absolute atomic E-state index is 0.333. The van der Waals surface area contributed by atoms with Crippen LogP contribution >= 0.6 is 0 Å². The summed E-state index contributed by atoms with van der Waals surface area (Å²) in [4.78, 5) is 10.0. The summed E-state index contributed by atoms with van der Waals surface area (Å²) in [5, 5.41) is 8.25. The summed E-state index contributed by atoms with van der Waals surface area (Å²) in [5.41, 5.74) is 5.98. The Morgan fingerprint density at radius 1 is 2.00 bits per heavy atom. The summed E-state index contributed by atoms with van der Waals surface area (Å²) in [7, 11) is 0. The number of carboxylic acid groups (broad SMARTS) is 1. The first kappa shape index (κ1) is 5.31. The van der Waals surface area contributed by atoms with Crippen LogP contribution in [0.4, 0.5) is 0 Å². The van der Waals surface area contributed by atoms with Crippen LogP contribution in [0.2, 0.25) is 0 Å². The molecule has 0 heterocycles. The number of hydrogen-bond donors (Lipinski definition) is 2. The lowest BCUT2D eigenvalue weighted by Crippen LogP contribution is -2.05. The molecule has 0 bridgehead atoms. The molecule has 8 heavy (non-hydrogen) atoms. The molecule has 0 saturated carbocycles. The lowest BCUT2D eigenvalue weighted by molar-refractivity contribution is -0.137. The highest BCUT2D eigenvalue weighted by Crippen LogP contribution is 2.26. The van der Waals surface area contributed by atoms with E-state index in [4.69, 9.17) is 10.8 Å². The van der Waals surface area contributed by atoms with Gasteiger partial charge in [0.2, 0.25) is 0 Å². The number of rotatable bonds is 2. The molecule has 3 heteroatoms. The Morgan fingerprint density at radius 2 is 2.62 bits per heavy atom. The van der Waals surface area contributed by atoms with Gasteiger partial charge in [-0.1, -0.05) is 6.08 Å². The molecule has 1 aliphatic carbocycles. The lowest BCUT2D eigenvalue weighted by Gasteiger charge is -1.86. The predicted molar refractivity (Wildman–Crippen MR) is 28.3 cm³/mol. The lowest BCUT2D eigenvalue weighted by atomic mass is 10.3. The number of carbonyl (C=O) groups is 1. The molecule has 0 radical (unpaired) electrons. The quantitative estimate of drug-likeness (QED) is 0.478. The molecule has 0 amide bonds. The summed E-state index contributed by atoms with van der Waals surface area (Å²) in [6, 6.07) is 0.